The van der Waals surface area contributed by atoms with Crippen LogP contribution in [0.15, 0.2) is 46.9 Å². The highest BCUT2D eigenvalue weighted by atomic mass is 16.5. The van der Waals surface area contributed by atoms with Crippen LogP contribution >= 0.6 is 0 Å². The number of aryl methyl sites for hydroxylation is 1. The maximum atomic E-state index is 13.0. The van der Waals surface area contributed by atoms with Crippen molar-refractivity contribution in [2.45, 2.75) is 83.8 Å². The fourth-order valence-corrected chi connectivity index (χ4v) is 5.44. The Kier molecular flexibility index (Phi) is 7.67. The van der Waals surface area contributed by atoms with E-state index in [1.165, 1.54) is 35.8 Å². The lowest BCUT2D eigenvalue weighted by atomic mass is 9.62. The van der Waals surface area contributed by atoms with Crippen LogP contribution in [0.5, 0.6) is 11.5 Å². The van der Waals surface area contributed by atoms with Crippen molar-refractivity contribution in [1.29, 1.82) is 0 Å². The zero-order valence-corrected chi connectivity index (χ0v) is 23.9. The molecule has 0 spiro atoms. The van der Waals surface area contributed by atoms with Gasteiger partial charge in [-0.05, 0) is 90.1 Å². The molecule has 0 fully saturated rings. The van der Waals surface area contributed by atoms with Crippen molar-refractivity contribution < 1.29 is 23.8 Å². The molecule has 0 radical (unpaired) electrons. The number of furan rings is 1. The minimum absolute atomic E-state index is 0.129. The lowest BCUT2D eigenvalue weighted by molar-refractivity contribution is 0.0820. The van der Waals surface area contributed by atoms with E-state index in [4.69, 9.17) is 13.9 Å². The number of hydrogen-bond donors (Lipinski definition) is 2. The number of rotatable bonds is 8. The van der Waals surface area contributed by atoms with Crippen molar-refractivity contribution in [3.05, 3.63) is 81.8 Å². The Morgan fingerprint density at radius 1 is 1.00 bits per heavy atom. The summed E-state index contributed by atoms with van der Waals surface area (Å²) >= 11 is 0. The first kappa shape index (κ1) is 27.8. The van der Waals surface area contributed by atoms with Crippen LogP contribution in [0, 0.1) is 6.92 Å². The first-order valence-electron chi connectivity index (χ1n) is 13.3. The van der Waals surface area contributed by atoms with Gasteiger partial charge in [-0.15, -0.1) is 0 Å². The number of fused-ring (bicyclic) bond motifs is 1. The summed E-state index contributed by atoms with van der Waals surface area (Å²) < 4.78 is 16.6. The lowest BCUT2D eigenvalue weighted by Gasteiger charge is -2.42. The average Bonchev–Trinajstić information content (AvgIpc) is 3.35. The summed E-state index contributed by atoms with van der Waals surface area (Å²) in [6, 6.07) is 12.8. The van der Waals surface area contributed by atoms with Gasteiger partial charge in [-0.1, -0.05) is 39.8 Å². The second-order valence-electron chi connectivity index (χ2n) is 11.8. The number of methoxy groups -OCH3 is 2. The van der Waals surface area contributed by atoms with Crippen molar-refractivity contribution in [3.8, 4) is 11.5 Å². The summed E-state index contributed by atoms with van der Waals surface area (Å²) in [5.41, 5.74) is 6.13. The molecular formula is C32H41NO5. The van der Waals surface area contributed by atoms with Crippen molar-refractivity contribution in [2.75, 3.05) is 14.2 Å². The maximum Gasteiger partial charge on any atom is 0.287 e. The maximum absolute atomic E-state index is 13.0. The standard InChI is InChI=1S/C32H41NO5/c1-19-15-25-26(32(5,6)14-13-31(25,3)4)17-21(19)16-23-10-12-28(38-23)30(35)33-20(2)29(34)24-18-22(36-7)9-11-27(24)37-8/h9-12,15,17-18,20,29,34H,13-14,16H2,1-8H3,(H,33,35). The highest BCUT2D eigenvalue weighted by Gasteiger charge is 2.37. The van der Waals surface area contributed by atoms with Gasteiger partial charge < -0.3 is 24.3 Å². The van der Waals surface area contributed by atoms with Gasteiger partial charge in [0.15, 0.2) is 5.76 Å². The Hall–Kier alpha value is -3.25. The van der Waals surface area contributed by atoms with Gasteiger partial charge in [0, 0.05) is 12.0 Å². The van der Waals surface area contributed by atoms with E-state index in [-0.39, 0.29) is 22.5 Å². The molecular weight excluding hydrogens is 478 g/mol. The third kappa shape index (κ3) is 5.46. The largest absolute Gasteiger partial charge is 0.497 e. The molecule has 38 heavy (non-hydrogen) atoms. The van der Waals surface area contributed by atoms with Crippen LogP contribution in [0.4, 0.5) is 0 Å². The molecule has 1 heterocycles. The molecule has 204 valence electrons. The number of aliphatic hydroxyl groups excluding tert-OH is 1. The minimum Gasteiger partial charge on any atom is -0.497 e. The van der Waals surface area contributed by atoms with Gasteiger partial charge in [-0.2, -0.15) is 0 Å². The van der Waals surface area contributed by atoms with E-state index in [1.54, 1.807) is 38.3 Å². The third-order valence-corrected chi connectivity index (χ3v) is 8.15. The Morgan fingerprint density at radius 3 is 2.29 bits per heavy atom. The first-order chi connectivity index (χ1) is 17.9. The zero-order chi connectivity index (χ0) is 27.8. The highest BCUT2D eigenvalue weighted by molar-refractivity contribution is 5.91. The molecule has 4 rings (SSSR count). The van der Waals surface area contributed by atoms with Gasteiger partial charge in [0.1, 0.15) is 23.4 Å². The molecule has 0 saturated heterocycles. The van der Waals surface area contributed by atoms with E-state index < -0.39 is 12.1 Å². The molecule has 2 atom stereocenters. The van der Waals surface area contributed by atoms with Crippen molar-refractivity contribution >= 4 is 5.91 Å². The Morgan fingerprint density at radius 2 is 1.66 bits per heavy atom. The summed E-state index contributed by atoms with van der Waals surface area (Å²) in [5.74, 6) is 1.68. The molecule has 1 aromatic heterocycles. The number of carbonyl (C=O) groups is 1. The number of carbonyl (C=O) groups excluding carboxylic acids is 1. The Labute approximate surface area is 226 Å². The topological polar surface area (TPSA) is 80.9 Å². The van der Waals surface area contributed by atoms with Crippen molar-refractivity contribution in [2.24, 2.45) is 0 Å². The molecule has 0 saturated carbocycles. The summed E-state index contributed by atoms with van der Waals surface area (Å²) in [7, 11) is 3.10. The van der Waals surface area contributed by atoms with Gasteiger partial charge in [-0.25, -0.2) is 0 Å². The number of hydrogen-bond acceptors (Lipinski definition) is 5. The second kappa shape index (κ2) is 10.5. The predicted molar refractivity (Wildman–Crippen MR) is 149 cm³/mol. The van der Waals surface area contributed by atoms with Gasteiger partial charge >= 0.3 is 0 Å². The highest BCUT2D eigenvalue weighted by Crippen LogP contribution is 2.46. The van der Waals surface area contributed by atoms with E-state index in [9.17, 15) is 9.90 Å². The summed E-state index contributed by atoms with van der Waals surface area (Å²) in [6.45, 7) is 13.2. The molecule has 1 amide bonds. The summed E-state index contributed by atoms with van der Waals surface area (Å²) in [4.78, 5) is 13.0. The van der Waals surface area contributed by atoms with E-state index >= 15 is 0 Å². The summed E-state index contributed by atoms with van der Waals surface area (Å²) in [5, 5.41) is 13.8. The monoisotopic (exact) mass is 519 g/mol. The number of ether oxygens (including phenoxy) is 2. The van der Waals surface area contributed by atoms with Crippen LogP contribution in [-0.4, -0.2) is 31.3 Å². The van der Waals surface area contributed by atoms with E-state index in [0.29, 0.717) is 23.5 Å². The number of aliphatic hydroxyl groups is 1. The molecule has 2 N–H and O–H groups in total. The molecule has 6 heteroatoms. The Bertz CT molecular complexity index is 1320. The predicted octanol–water partition coefficient (Wildman–Crippen LogP) is 6.40. The molecule has 0 bridgehead atoms. The lowest BCUT2D eigenvalue weighted by Crippen LogP contribution is -2.37. The van der Waals surface area contributed by atoms with E-state index in [1.807, 2.05) is 6.07 Å². The van der Waals surface area contributed by atoms with Crippen molar-refractivity contribution in [3.63, 3.8) is 0 Å². The third-order valence-electron chi connectivity index (χ3n) is 8.15. The van der Waals surface area contributed by atoms with Gasteiger partial charge in [0.05, 0.1) is 20.3 Å². The smallest absolute Gasteiger partial charge is 0.287 e. The molecule has 6 nitrogen and oxygen atoms in total. The second-order valence-corrected chi connectivity index (χ2v) is 11.8. The number of nitrogens with one attached hydrogen (secondary N) is 1. The fraction of sp³-hybridized carbons (Fsp3) is 0.469. The SMILES string of the molecule is COc1ccc(OC)c(C(O)C(C)NC(=O)c2ccc(Cc3cc4c(cc3C)C(C)(C)CCC4(C)C)o2)c1. The van der Waals surface area contributed by atoms with Crippen LogP contribution in [0.3, 0.4) is 0 Å². The van der Waals surface area contributed by atoms with Gasteiger partial charge in [0.2, 0.25) is 0 Å². The van der Waals surface area contributed by atoms with Crippen LogP contribution in [-0.2, 0) is 17.3 Å². The van der Waals surface area contributed by atoms with E-state index in [0.717, 1.165) is 12.2 Å². The van der Waals surface area contributed by atoms with Crippen LogP contribution in [0.1, 0.15) is 97.7 Å². The quantitative estimate of drug-likeness (QED) is 0.360. The van der Waals surface area contributed by atoms with Gasteiger partial charge in [-0.3, -0.25) is 4.79 Å². The van der Waals surface area contributed by atoms with Gasteiger partial charge in [0.25, 0.3) is 5.91 Å². The van der Waals surface area contributed by atoms with Crippen LogP contribution in [0.25, 0.3) is 0 Å². The molecule has 3 aromatic rings. The molecule has 2 aromatic carbocycles. The normalized spacial score (nSPS) is 17.3. The first-order valence-corrected chi connectivity index (χ1v) is 13.3. The van der Waals surface area contributed by atoms with Crippen LogP contribution in [0.2, 0.25) is 0 Å². The molecule has 0 aliphatic heterocycles. The number of benzene rings is 2. The summed E-state index contributed by atoms with van der Waals surface area (Å²) in [6.07, 6.45) is 1.96. The average molecular weight is 520 g/mol. The zero-order valence-electron chi connectivity index (χ0n) is 23.9. The fourth-order valence-electron chi connectivity index (χ4n) is 5.44. The number of amides is 1. The van der Waals surface area contributed by atoms with E-state index in [2.05, 4.69) is 52.1 Å². The minimum atomic E-state index is -0.996. The Balaban J connectivity index is 1.49. The molecule has 1 aliphatic rings. The van der Waals surface area contributed by atoms with Crippen LogP contribution < -0.4 is 14.8 Å². The van der Waals surface area contributed by atoms with Crippen molar-refractivity contribution in [1.82, 2.24) is 5.32 Å². The molecule has 1 aliphatic carbocycles. The molecule has 2 unspecified atom stereocenters.